The Morgan fingerprint density at radius 2 is 1.80 bits per heavy atom. The Kier molecular flexibility index (Phi) is 5.66. The first kappa shape index (κ1) is 11.9. The Morgan fingerprint density at radius 1 is 1.20 bits per heavy atom. The number of likely N-dealkylation sites (N-methyl/N-ethyl adjacent to an activating group) is 1. The van der Waals surface area contributed by atoms with Gasteiger partial charge in [0.25, 0.3) is 0 Å². The van der Waals surface area contributed by atoms with Crippen LogP contribution in [-0.2, 0) is 0 Å². The van der Waals surface area contributed by atoms with Gasteiger partial charge in [0.2, 0.25) is 0 Å². The number of hydrogen-bond acceptors (Lipinski definition) is 3. The first-order valence-electron chi connectivity index (χ1n) is 5.22. The van der Waals surface area contributed by atoms with Crippen LogP contribution in [0.15, 0.2) is 30.3 Å². The minimum absolute atomic E-state index is 0.729. The molecule has 1 saturated heterocycles. The van der Waals surface area contributed by atoms with Crippen LogP contribution in [-0.4, -0.2) is 44.4 Å². The molecule has 1 N–H and O–H groups in total. The number of aldehydes is 1. The van der Waals surface area contributed by atoms with Gasteiger partial charge < -0.3 is 10.2 Å². The van der Waals surface area contributed by atoms with Crippen molar-refractivity contribution in [3.63, 3.8) is 0 Å². The average Bonchev–Trinajstić information content (AvgIpc) is 2.32. The molecule has 1 aliphatic rings. The van der Waals surface area contributed by atoms with Crippen LogP contribution in [0.5, 0.6) is 0 Å². The van der Waals surface area contributed by atoms with Crippen molar-refractivity contribution in [1.82, 2.24) is 10.2 Å². The maximum absolute atomic E-state index is 10.0. The van der Waals surface area contributed by atoms with Crippen LogP contribution in [0.3, 0.4) is 0 Å². The van der Waals surface area contributed by atoms with Crippen LogP contribution in [0.25, 0.3) is 0 Å². The number of hydrogen-bond donors (Lipinski definition) is 1. The zero-order chi connectivity index (χ0) is 10.9. The first-order valence-corrected chi connectivity index (χ1v) is 5.22. The van der Waals surface area contributed by atoms with E-state index < -0.39 is 0 Å². The van der Waals surface area contributed by atoms with Gasteiger partial charge >= 0.3 is 0 Å². The van der Waals surface area contributed by atoms with Gasteiger partial charge in [0.05, 0.1) is 0 Å². The van der Waals surface area contributed by atoms with E-state index >= 15 is 0 Å². The van der Waals surface area contributed by atoms with Crippen LogP contribution in [0.4, 0.5) is 0 Å². The van der Waals surface area contributed by atoms with Crippen LogP contribution >= 0.6 is 0 Å². The van der Waals surface area contributed by atoms with E-state index in [0.717, 1.165) is 24.9 Å². The topological polar surface area (TPSA) is 32.3 Å². The molecule has 15 heavy (non-hydrogen) atoms. The Bertz CT molecular complexity index is 268. The third-order valence-electron chi connectivity index (χ3n) is 2.28. The number of piperazine rings is 1. The van der Waals surface area contributed by atoms with Gasteiger partial charge in [-0.25, -0.2) is 0 Å². The maximum atomic E-state index is 10.0. The highest BCUT2D eigenvalue weighted by atomic mass is 16.1. The van der Waals surface area contributed by atoms with E-state index in [0.29, 0.717) is 0 Å². The zero-order valence-corrected chi connectivity index (χ0v) is 9.15. The highest BCUT2D eigenvalue weighted by Gasteiger charge is 2.01. The lowest BCUT2D eigenvalue weighted by Crippen LogP contribution is -2.40. The van der Waals surface area contributed by atoms with Gasteiger partial charge in [-0.1, -0.05) is 30.3 Å². The Hall–Kier alpha value is -1.19. The molecule has 1 aromatic rings. The molecule has 1 fully saturated rings. The minimum Gasteiger partial charge on any atom is -0.314 e. The Balaban J connectivity index is 0.000000151. The molecular formula is C12H18N2O. The molecule has 0 amide bonds. The van der Waals surface area contributed by atoms with Crippen molar-refractivity contribution < 1.29 is 4.79 Å². The molecular weight excluding hydrogens is 188 g/mol. The van der Waals surface area contributed by atoms with E-state index in [1.54, 1.807) is 12.1 Å². The lowest BCUT2D eigenvalue weighted by Gasteiger charge is -2.21. The van der Waals surface area contributed by atoms with Gasteiger partial charge in [-0.05, 0) is 7.05 Å². The van der Waals surface area contributed by atoms with Crippen molar-refractivity contribution in [3.8, 4) is 0 Å². The second kappa shape index (κ2) is 7.15. The predicted octanol–water partition coefficient (Wildman–Crippen LogP) is 1.02. The van der Waals surface area contributed by atoms with Crippen molar-refractivity contribution in [3.05, 3.63) is 35.9 Å². The van der Waals surface area contributed by atoms with Crippen molar-refractivity contribution in [2.24, 2.45) is 0 Å². The molecule has 1 heterocycles. The van der Waals surface area contributed by atoms with Gasteiger partial charge in [-0.3, -0.25) is 4.79 Å². The van der Waals surface area contributed by atoms with Crippen molar-refractivity contribution >= 4 is 6.29 Å². The van der Waals surface area contributed by atoms with Gasteiger partial charge in [0.1, 0.15) is 6.29 Å². The second-order valence-corrected chi connectivity index (χ2v) is 3.58. The van der Waals surface area contributed by atoms with Crippen LogP contribution in [0, 0.1) is 0 Å². The van der Waals surface area contributed by atoms with Gasteiger partial charge in [-0.2, -0.15) is 0 Å². The summed E-state index contributed by atoms with van der Waals surface area (Å²) in [7, 11) is 2.15. The van der Waals surface area contributed by atoms with Gasteiger partial charge in [0, 0.05) is 31.7 Å². The summed E-state index contributed by atoms with van der Waals surface area (Å²) in [4.78, 5) is 12.3. The SMILES string of the molecule is CN1CCNCC1.O=Cc1ccccc1. The summed E-state index contributed by atoms with van der Waals surface area (Å²) in [6, 6.07) is 9.10. The van der Waals surface area contributed by atoms with Crippen molar-refractivity contribution in [1.29, 1.82) is 0 Å². The molecule has 3 nitrogen and oxygen atoms in total. The third kappa shape index (κ3) is 5.30. The number of nitrogens with one attached hydrogen (secondary N) is 1. The number of carbonyl (C=O) groups is 1. The number of nitrogens with zero attached hydrogens (tertiary/aromatic N) is 1. The summed E-state index contributed by atoms with van der Waals surface area (Å²) in [6.07, 6.45) is 0.833. The summed E-state index contributed by atoms with van der Waals surface area (Å²) in [6.45, 7) is 4.74. The molecule has 2 rings (SSSR count). The molecule has 1 aromatic carbocycles. The van der Waals surface area contributed by atoms with E-state index in [1.165, 1.54) is 13.1 Å². The number of carbonyl (C=O) groups excluding carboxylic acids is 1. The molecule has 82 valence electrons. The highest BCUT2D eigenvalue weighted by molar-refractivity contribution is 5.74. The van der Waals surface area contributed by atoms with Gasteiger partial charge in [0.15, 0.2) is 0 Å². The monoisotopic (exact) mass is 206 g/mol. The summed E-state index contributed by atoms with van der Waals surface area (Å²) >= 11 is 0. The van der Waals surface area contributed by atoms with E-state index in [9.17, 15) is 4.79 Å². The summed E-state index contributed by atoms with van der Waals surface area (Å²) in [5.74, 6) is 0. The average molecular weight is 206 g/mol. The molecule has 0 spiro atoms. The molecule has 1 aliphatic heterocycles. The standard InChI is InChI=1S/C7H6O.C5H12N2/c8-6-7-4-2-1-3-5-7;1-7-4-2-6-3-5-7/h1-6H;6H,2-5H2,1H3. The van der Waals surface area contributed by atoms with E-state index in [2.05, 4.69) is 17.3 Å². The van der Waals surface area contributed by atoms with Crippen molar-refractivity contribution in [2.45, 2.75) is 0 Å². The molecule has 0 unspecified atom stereocenters. The maximum Gasteiger partial charge on any atom is 0.150 e. The molecule has 0 bridgehead atoms. The molecule has 0 saturated carbocycles. The first-order chi connectivity index (χ1) is 7.33. The smallest absolute Gasteiger partial charge is 0.150 e. The summed E-state index contributed by atoms with van der Waals surface area (Å²) < 4.78 is 0. The second-order valence-electron chi connectivity index (χ2n) is 3.58. The van der Waals surface area contributed by atoms with Crippen LogP contribution in [0.2, 0.25) is 0 Å². The fourth-order valence-electron chi connectivity index (χ4n) is 1.31. The quantitative estimate of drug-likeness (QED) is 0.696. The number of benzene rings is 1. The van der Waals surface area contributed by atoms with E-state index in [-0.39, 0.29) is 0 Å². The fraction of sp³-hybridized carbons (Fsp3) is 0.417. The fourth-order valence-corrected chi connectivity index (χ4v) is 1.31. The number of rotatable bonds is 1. The van der Waals surface area contributed by atoms with E-state index in [4.69, 9.17) is 0 Å². The highest BCUT2D eigenvalue weighted by Crippen LogP contribution is 1.91. The van der Waals surface area contributed by atoms with Crippen molar-refractivity contribution in [2.75, 3.05) is 33.2 Å². The molecule has 0 atom stereocenters. The van der Waals surface area contributed by atoms with Crippen LogP contribution in [0.1, 0.15) is 10.4 Å². The van der Waals surface area contributed by atoms with Crippen LogP contribution < -0.4 is 5.32 Å². The molecule has 0 radical (unpaired) electrons. The zero-order valence-electron chi connectivity index (χ0n) is 9.15. The predicted molar refractivity (Wildman–Crippen MR) is 62.2 cm³/mol. The third-order valence-corrected chi connectivity index (χ3v) is 2.28. The summed E-state index contributed by atoms with van der Waals surface area (Å²) in [5, 5.41) is 3.27. The largest absolute Gasteiger partial charge is 0.314 e. The molecule has 0 aliphatic carbocycles. The summed E-state index contributed by atoms with van der Waals surface area (Å²) in [5.41, 5.74) is 0.729. The van der Waals surface area contributed by atoms with Gasteiger partial charge in [-0.15, -0.1) is 0 Å². The normalized spacial score (nSPS) is 16.3. The molecule has 3 heteroatoms. The molecule has 0 aromatic heterocycles. The Labute approximate surface area is 91.1 Å². The van der Waals surface area contributed by atoms with E-state index in [1.807, 2.05) is 18.2 Å². The lowest BCUT2D eigenvalue weighted by atomic mass is 10.2. The lowest BCUT2D eigenvalue weighted by molar-refractivity contribution is 0.112. The minimum atomic E-state index is 0.729. The Morgan fingerprint density at radius 3 is 2.13 bits per heavy atom.